The third-order valence-electron chi connectivity index (χ3n) is 6.89. The lowest BCUT2D eigenvalue weighted by molar-refractivity contribution is -0.0492. The molecule has 2 unspecified atom stereocenters. The number of piperidine rings is 1. The predicted octanol–water partition coefficient (Wildman–Crippen LogP) is 1.90. The summed E-state index contributed by atoms with van der Waals surface area (Å²) < 4.78 is 6.17. The molecule has 1 aromatic rings. The Morgan fingerprint density at radius 1 is 1.29 bits per heavy atom. The lowest BCUT2D eigenvalue weighted by Gasteiger charge is -2.57. The molecule has 2 aliphatic heterocycles. The Labute approximate surface area is 141 Å². The van der Waals surface area contributed by atoms with Gasteiger partial charge in [0.2, 0.25) is 0 Å². The molecule has 1 spiro atoms. The first-order chi connectivity index (χ1) is 11.7. The minimum atomic E-state index is -0.600. The first-order valence-electron chi connectivity index (χ1n) is 8.99. The highest BCUT2D eigenvalue weighted by atomic mass is 16.5. The largest absolute Gasteiger partial charge is 0.504 e. The van der Waals surface area contributed by atoms with Crippen LogP contribution in [-0.2, 0) is 11.8 Å². The smallest absolute Gasteiger partial charge is 0.165 e. The number of aromatic hydroxyl groups is 1. The molecule has 4 heteroatoms. The maximum absolute atomic E-state index is 10.6. The number of ether oxygens (including phenoxy) is 1. The van der Waals surface area contributed by atoms with Crippen LogP contribution in [0.25, 0.3) is 0 Å². The van der Waals surface area contributed by atoms with Crippen molar-refractivity contribution in [1.29, 1.82) is 0 Å². The molecule has 0 amide bonds. The minimum absolute atomic E-state index is 0.172. The average molecular weight is 323 g/mol. The van der Waals surface area contributed by atoms with E-state index < -0.39 is 6.10 Å². The monoisotopic (exact) mass is 323 g/mol. The standard InChI is InChI=1S/C20H21NO3/c22-15-5-3-12-9-14-13-4-6-16(23)19-20(13,17(12)18(15)24-19)7-8-21(14)10-11-1-2-11/h1,3-6,13-14,16,19,22-23H,2,7-10H2/t13?,14-,16?,19+,20+/m1/s1. The van der Waals surface area contributed by atoms with Gasteiger partial charge in [0, 0.05) is 29.5 Å². The van der Waals surface area contributed by atoms with E-state index in [9.17, 15) is 10.2 Å². The van der Waals surface area contributed by atoms with Gasteiger partial charge < -0.3 is 14.9 Å². The van der Waals surface area contributed by atoms with Crippen LogP contribution >= 0.6 is 0 Å². The van der Waals surface area contributed by atoms with Crippen molar-refractivity contribution < 1.29 is 14.9 Å². The molecular weight excluding hydrogens is 302 g/mol. The molecule has 2 heterocycles. The van der Waals surface area contributed by atoms with Crippen LogP contribution in [-0.4, -0.2) is 46.5 Å². The number of hydrogen-bond acceptors (Lipinski definition) is 4. The highest BCUT2D eigenvalue weighted by molar-refractivity contribution is 5.61. The van der Waals surface area contributed by atoms with E-state index in [-0.39, 0.29) is 17.3 Å². The summed E-state index contributed by atoms with van der Waals surface area (Å²) in [6.07, 6.45) is 8.75. The number of allylic oxidation sites excluding steroid dienone is 1. The Bertz CT molecular complexity index is 813. The molecule has 124 valence electrons. The molecule has 1 fully saturated rings. The molecule has 1 aromatic carbocycles. The van der Waals surface area contributed by atoms with Gasteiger partial charge in [-0.3, -0.25) is 4.90 Å². The van der Waals surface area contributed by atoms with Gasteiger partial charge in [-0.15, -0.1) is 0 Å². The fourth-order valence-corrected chi connectivity index (χ4v) is 5.79. The molecule has 4 nitrogen and oxygen atoms in total. The zero-order valence-corrected chi connectivity index (χ0v) is 13.5. The van der Waals surface area contributed by atoms with Gasteiger partial charge in [-0.05, 0) is 37.4 Å². The Morgan fingerprint density at radius 2 is 2.17 bits per heavy atom. The van der Waals surface area contributed by atoms with Gasteiger partial charge >= 0.3 is 0 Å². The van der Waals surface area contributed by atoms with Crippen molar-refractivity contribution in [2.45, 2.75) is 42.9 Å². The molecule has 5 atom stereocenters. The van der Waals surface area contributed by atoms with E-state index in [0.29, 0.717) is 17.7 Å². The predicted molar refractivity (Wildman–Crippen MR) is 89.2 cm³/mol. The van der Waals surface area contributed by atoms with E-state index in [1.165, 1.54) is 17.5 Å². The lowest BCUT2D eigenvalue weighted by Crippen LogP contribution is -2.65. The molecular formula is C20H21NO3. The van der Waals surface area contributed by atoms with Crippen LogP contribution in [0.4, 0.5) is 0 Å². The summed E-state index contributed by atoms with van der Waals surface area (Å²) in [5.41, 5.74) is 3.86. The number of rotatable bonds is 2. The highest BCUT2D eigenvalue weighted by Crippen LogP contribution is 2.62. The van der Waals surface area contributed by atoms with Crippen LogP contribution < -0.4 is 4.74 Å². The number of benzene rings is 1. The van der Waals surface area contributed by atoms with E-state index in [1.807, 2.05) is 6.08 Å². The van der Waals surface area contributed by atoms with Crippen LogP contribution in [0.5, 0.6) is 11.5 Å². The highest BCUT2D eigenvalue weighted by Gasteiger charge is 2.64. The van der Waals surface area contributed by atoms with E-state index in [4.69, 9.17) is 4.74 Å². The number of phenolic OH excluding ortho intramolecular Hbond substituents is 1. The molecule has 0 saturated carbocycles. The van der Waals surface area contributed by atoms with Crippen LogP contribution in [0.15, 0.2) is 35.9 Å². The minimum Gasteiger partial charge on any atom is -0.504 e. The number of aliphatic hydroxyl groups is 1. The summed E-state index contributed by atoms with van der Waals surface area (Å²) in [5.74, 6) is 1.20. The van der Waals surface area contributed by atoms with Crippen LogP contribution in [0.1, 0.15) is 24.0 Å². The first kappa shape index (κ1) is 13.5. The Hall–Kier alpha value is -1.78. The average Bonchev–Trinajstić information content (AvgIpc) is 3.32. The van der Waals surface area contributed by atoms with Crippen LogP contribution in [0.3, 0.4) is 0 Å². The summed E-state index contributed by atoms with van der Waals surface area (Å²) in [5, 5.41) is 20.9. The summed E-state index contributed by atoms with van der Waals surface area (Å²) >= 11 is 0. The number of likely N-dealkylation sites (tertiary alicyclic amines) is 1. The fourth-order valence-electron chi connectivity index (χ4n) is 5.79. The third kappa shape index (κ3) is 1.47. The zero-order valence-electron chi connectivity index (χ0n) is 13.5. The SMILES string of the molecule is Oc1ccc2c3c1O[C@H]1C(O)C=CC4[C@@H](C2)N(CC2=CC2)CC[C@@]341. The molecule has 0 aromatic heterocycles. The number of aliphatic hydroxyl groups excluding tert-OH is 1. The van der Waals surface area contributed by atoms with Gasteiger partial charge in [0.05, 0.1) is 0 Å². The van der Waals surface area contributed by atoms with Crippen molar-refractivity contribution in [3.05, 3.63) is 47.1 Å². The second kappa shape index (κ2) is 4.24. The Morgan fingerprint density at radius 3 is 3.00 bits per heavy atom. The molecule has 6 rings (SSSR count). The van der Waals surface area contributed by atoms with Crippen molar-refractivity contribution in [2.75, 3.05) is 13.1 Å². The molecule has 2 bridgehead atoms. The van der Waals surface area contributed by atoms with E-state index in [2.05, 4.69) is 23.1 Å². The number of hydrogen-bond donors (Lipinski definition) is 2. The van der Waals surface area contributed by atoms with Crippen molar-refractivity contribution in [2.24, 2.45) is 5.92 Å². The number of nitrogens with zero attached hydrogens (tertiary/aromatic N) is 1. The van der Waals surface area contributed by atoms with E-state index in [0.717, 1.165) is 25.9 Å². The topological polar surface area (TPSA) is 52.9 Å². The third-order valence-corrected chi connectivity index (χ3v) is 6.89. The zero-order chi connectivity index (χ0) is 16.1. The maximum Gasteiger partial charge on any atom is 0.165 e. The molecule has 1 saturated heterocycles. The normalized spacial score (nSPS) is 40.8. The van der Waals surface area contributed by atoms with Gasteiger partial charge in [-0.25, -0.2) is 0 Å². The second-order valence-corrected chi connectivity index (χ2v) is 7.99. The quantitative estimate of drug-likeness (QED) is 0.816. The van der Waals surface area contributed by atoms with Gasteiger partial charge in [-0.1, -0.05) is 29.9 Å². The first-order valence-corrected chi connectivity index (χ1v) is 8.99. The fraction of sp³-hybridized carbons (Fsp3) is 0.500. The summed E-state index contributed by atoms with van der Waals surface area (Å²) in [6.45, 7) is 2.12. The lowest BCUT2D eigenvalue weighted by atomic mass is 9.53. The van der Waals surface area contributed by atoms with Crippen molar-refractivity contribution >= 4 is 0 Å². The van der Waals surface area contributed by atoms with Crippen LogP contribution in [0.2, 0.25) is 0 Å². The molecule has 5 aliphatic rings. The van der Waals surface area contributed by atoms with Crippen molar-refractivity contribution in [3.63, 3.8) is 0 Å². The van der Waals surface area contributed by atoms with Gasteiger partial charge in [0.15, 0.2) is 11.5 Å². The van der Waals surface area contributed by atoms with Crippen LogP contribution in [0, 0.1) is 5.92 Å². The maximum atomic E-state index is 10.6. The molecule has 2 N–H and O–H groups in total. The molecule has 0 radical (unpaired) electrons. The van der Waals surface area contributed by atoms with E-state index in [1.54, 1.807) is 11.6 Å². The Kier molecular flexibility index (Phi) is 2.39. The van der Waals surface area contributed by atoms with E-state index >= 15 is 0 Å². The van der Waals surface area contributed by atoms with Crippen molar-refractivity contribution in [3.8, 4) is 11.5 Å². The number of phenols is 1. The Balaban J connectivity index is 1.56. The second-order valence-electron chi connectivity index (χ2n) is 7.99. The van der Waals surface area contributed by atoms with Gasteiger partial charge in [0.1, 0.15) is 12.2 Å². The summed E-state index contributed by atoms with van der Waals surface area (Å²) in [6, 6.07) is 4.28. The molecule has 3 aliphatic carbocycles. The van der Waals surface area contributed by atoms with Gasteiger partial charge in [0.25, 0.3) is 0 Å². The summed E-state index contributed by atoms with van der Waals surface area (Å²) in [7, 11) is 0. The molecule has 24 heavy (non-hydrogen) atoms. The van der Waals surface area contributed by atoms with Crippen molar-refractivity contribution in [1.82, 2.24) is 4.90 Å². The summed E-state index contributed by atoms with van der Waals surface area (Å²) in [4.78, 5) is 2.63. The van der Waals surface area contributed by atoms with Gasteiger partial charge in [-0.2, -0.15) is 0 Å².